The molecular formula is C17H14F6N2O3S2. The number of carbonyl (C=O) groups is 1. The van der Waals surface area contributed by atoms with Crippen molar-refractivity contribution in [2.75, 3.05) is 16.4 Å². The zero-order valence-electron chi connectivity index (χ0n) is 15.0. The fraction of sp³-hybridized carbons (Fsp3) is 0.529. The molecule has 0 spiro atoms. The van der Waals surface area contributed by atoms with Gasteiger partial charge in [-0.15, -0.1) is 0 Å². The van der Waals surface area contributed by atoms with Gasteiger partial charge in [-0.25, -0.2) is 8.42 Å². The predicted octanol–water partition coefficient (Wildman–Crippen LogP) is 3.74. The first-order chi connectivity index (χ1) is 13.7. The highest BCUT2D eigenvalue weighted by molar-refractivity contribution is 8.16. The number of hydrogen-bond donors (Lipinski definition) is 0. The zero-order chi connectivity index (χ0) is 22.1. The van der Waals surface area contributed by atoms with Crippen LogP contribution < -0.4 is 4.90 Å². The van der Waals surface area contributed by atoms with Crippen molar-refractivity contribution in [3.63, 3.8) is 0 Å². The third-order valence-corrected chi connectivity index (χ3v) is 8.26. The molecule has 2 aliphatic heterocycles. The van der Waals surface area contributed by atoms with Crippen LogP contribution in [0.1, 0.15) is 24.0 Å². The lowest BCUT2D eigenvalue weighted by Gasteiger charge is -2.26. The van der Waals surface area contributed by atoms with E-state index in [0.29, 0.717) is 25.0 Å². The van der Waals surface area contributed by atoms with Crippen LogP contribution in [0, 0.1) is 5.92 Å². The number of thioether (sulfide) groups is 1. The Labute approximate surface area is 171 Å². The van der Waals surface area contributed by atoms with Crippen molar-refractivity contribution in [2.24, 2.45) is 10.9 Å². The maximum atomic E-state index is 13.3. The van der Waals surface area contributed by atoms with E-state index in [1.807, 2.05) is 0 Å². The first-order valence-electron chi connectivity index (χ1n) is 8.83. The molecule has 0 N–H and O–H groups in total. The second kappa shape index (κ2) is 6.87. The van der Waals surface area contributed by atoms with Gasteiger partial charge in [-0.2, -0.15) is 31.3 Å². The van der Waals surface area contributed by atoms with Crippen LogP contribution >= 0.6 is 11.8 Å². The van der Waals surface area contributed by atoms with E-state index in [4.69, 9.17) is 0 Å². The largest absolute Gasteiger partial charge is 0.416 e. The Morgan fingerprint density at radius 2 is 1.57 bits per heavy atom. The van der Waals surface area contributed by atoms with E-state index in [-0.39, 0.29) is 22.9 Å². The monoisotopic (exact) mass is 472 g/mol. The van der Waals surface area contributed by atoms with Gasteiger partial charge in [-0.05, 0) is 31.0 Å². The number of nitrogens with zero attached hydrogens (tertiary/aromatic N) is 2. The molecule has 1 saturated carbocycles. The zero-order valence-corrected chi connectivity index (χ0v) is 16.6. The average molecular weight is 472 g/mol. The number of fused-ring (bicyclic) bond motifs is 1. The lowest BCUT2D eigenvalue weighted by atomic mass is 10.1. The Kier molecular flexibility index (Phi) is 4.92. The Balaban J connectivity index is 1.84. The molecular weight excluding hydrogens is 458 g/mol. The number of carbonyl (C=O) groups excluding carboxylic acids is 1. The molecule has 2 heterocycles. The van der Waals surface area contributed by atoms with Gasteiger partial charge >= 0.3 is 12.4 Å². The van der Waals surface area contributed by atoms with Gasteiger partial charge < -0.3 is 4.90 Å². The maximum Gasteiger partial charge on any atom is 0.416 e. The van der Waals surface area contributed by atoms with Crippen LogP contribution in [-0.4, -0.2) is 42.3 Å². The molecule has 0 aromatic heterocycles. The highest BCUT2D eigenvalue weighted by Gasteiger charge is 2.50. The quantitative estimate of drug-likeness (QED) is 0.614. The number of alkyl halides is 6. The van der Waals surface area contributed by atoms with E-state index < -0.39 is 62.0 Å². The van der Waals surface area contributed by atoms with Crippen molar-refractivity contribution in [3.05, 3.63) is 29.3 Å². The highest BCUT2D eigenvalue weighted by atomic mass is 32.2. The number of rotatable bonds is 2. The SMILES string of the molecule is O=C(N=C1S[C@H]2CS(=O)(=O)C[C@H]2N1c1cc(C(F)(F)F)cc(C(F)(F)F)c1)C1CC1. The van der Waals surface area contributed by atoms with E-state index in [1.54, 1.807) is 0 Å². The minimum absolute atomic E-state index is 0.00174. The fourth-order valence-electron chi connectivity index (χ4n) is 3.46. The molecule has 0 bridgehead atoms. The Bertz CT molecular complexity index is 999. The summed E-state index contributed by atoms with van der Waals surface area (Å²) >= 11 is 0.900. The molecule has 164 valence electrons. The van der Waals surface area contributed by atoms with Gasteiger partial charge in [-0.1, -0.05) is 11.8 Å². The van der Waals surface area contributed by atoms with Crippen LogP contribution in [0.3, 0.4) is 0 Å². The van der Waals surface area contributed by atoms with Gasteiger partial charge in [0.25, 0.3) is 5.91 Å². The van der Waals surface area contributed by atoms with Crippen LogP contribution in [0.2, 0.25) is 0 Å². The number of hydrogen-bond acceptors (Lipinski definition) is 4. The van der Waals surface area contributed by atoms with Gasteiger partial charge in [0.15, 0.2) is 15.0 Å². The smallest absolute Gasteiger partial charge is 0.316 e. The van der Waals surface area contributed by atoms with E-state index in [1.165, 1.54) is 0 Å². The van der Waals surface area contributed by atoms with Crippen LogP contribution in [0.4, 0.5) is 32.0 Å². The minimum Gasteiger partial charge on any atom is -0.316 e. The molecule has 3 fully saturated rings. The number of anilines is 1. The number of aliphatic imine (C=N–C) groups is 1. The molecule has 0 radical (unpaired) electrons. The molecule has 1 aromatic carbocycles. The summed E-state index contributed by atoms with van der Waals surface area (Å²) in [7, 11) is -3.53. The van der Waals surface area contributed by atoms with Crippen LogP contribution in [-0.2, 0) is 27.0 Å². The average Bonchev–Trinajstić information content (AvgIpc) is 3.33. The third-order valence-electron chi connectivity index (χ3n) is 5.05. The molecule has 5 nitrogen and oxygen atoms in total. The molecule has 4 rings (SSSR count). The Morgan fingerprint density at radius 3 is 2.07 bits per heavy atom. The topological polar surface area (TPSA) is 66.8 Å². The summed E-state index contributed by atoms with van der Waals surface area (Å²) in [4.78, 5) is 17.1. The minimum atomic E-state index is -5.05. The van der Waals surface area contributed by atoms with E-state index >= 15 is 0 Å². The first-order valence-corrected chi connectivity index (χ1v) is 11.5. The first kappa shape index (κ1) is 21.5. The maximum absolute atomic E-state index is 13.3. The summed E-state index contributed by atoms with van der Waals surface area (Å²) in [6, 6.07) is 0.151. The van der Waals surface area contributed by atoms with Crippen LogP contribution in [0.15, 0.2) is 23.2 Å². The summed E-state index contributed by atoms with van der Waals surface area (Å²) in [5, 5.41) is -0.700. The lowest BCUT2D eigenvalue weighted by Crippen LogP contribution is -2.38. The molecule has 30 heavy (non-hydrogen) atoms. The van der Waals surface area contributed by atoms with Crippen molar-refractivity contribution in [3.8, 4) is 0 Å². The molecule has 2 saturated heterocycles. The number of benzene rings is 1. The summed E-state index contributed by atoms with van der Waals surface area (Å²) in [5.41, 5.74) is -3.53. The van der Waals surface area contributed by atoms with Gasteiger partial charge in [-0.3, -0.25) is 4.79 Å². The number of amidine groups is 1. The lowest BCUT2D eigenvalue weighted by molar-refractivity contribution is -0.143. The summed E-state index contributed by atoms with van der Waals surface area (Å²) < 4.78 is 104. The fourth-order valence-corrected chi connectivity index (χ4v) is 7.38. The summed E-state index contributed by atoms with van der Waals surface area (Å²) in [6.07, 6.45) is -8.87. The third kappa shape index (κ3) is 4.18. The van der Waals surface area contributed by atoms with Gasteiger partial charge in [0.05, 0.1) is 28.7 Å². The molecule has 1 aromatic rings. The Hall–Kier alpha value is -1.76. The number of halogens is 6. The van der Waals surface area contributed by atoms with Gasteiger partial charge in [0.1, 0.15) is 0 Å². The van der Waals surface area contributed by atoms with Crippen molar-refractivity contribution in [1.82, 2.24) is 0 Å². The van der Waals surface area contributed by atoms with Crippen molar-refractivity contribution in [2.45, 2.75) is 36.5 Å². The predicted molar refractivity (Wildman–Crippen MR) is 97.9 cm³/mol. The van der Waals surface area contributed by atoms with E-state index in [9.17, 15) is 39.6 Å². The van der Waals surface area contributed by atoms with Gasteiger partial charge in [0, 0.05) is 16.9 Å². The van der Waals surface area contributed by atoms with E-state index in [0.717, 1.165) is 16.7 Å². The molecule has 1 amide bonds. The number of sulfone groups is 1. The second-order valence-corrected chi connectivity index (χ2v) is 10.8. The highest BCUT2D eigenvalue weighted by Crippen LogP contribution is 2.45. The summed E-state index contributed by atoms with van der Waals surface area (Å²) in [5.74, 6) is -1.55. The van der Waals surface area contributed by atoms with Crippen molar-refractivity contribution < 1.29 is 39.6 Å². The normalized spacial score (nSPS) is 27.5. The molecule has 0 unspecified atom stereocenters. The Morgan fingerprint density at radius 1 is 1.00 bits per heavy atom. The molecule has 1 aliphatic carbocycles. The van der Waals surface area contributed by atoms with E-state index in [2.05, 4.69) is 4.99 Å². The molecule has 2 atom stereocenters. The number of amides is 1. The van der Waals surface area contributed by atoms with Gasteiger partial charge in [0.2, 0.25) is 0 Å². The summed E-state index contributed by atoms with van der Waals surface area (Å²) in [6.45, 7) is 0. The van der Waals surface area contributed by atoms with Crippen molar-refractivity contribution >= 4 is 38.4 Å². The van der Waals surface area contributed by atoms with Crippen LogP contribution in [0.25, 0.3) is 0 Å². The standard InChI is InChI=1S/C17H14F6N2O3S2/c18-16(19,20)9-3-10(17(21,22)23)5-11(4-9)25-12-6-30(27,28)7-13(12)29-15(25)24-14(26)8-1-2-8/h3-5,8,12-13H,1-2,6-7H2/t12-,13+/m1/s1. The second-order valence-electron chi connectivity index (χ2n) is 7.44. The molecule has 13 heteroatoms. The van der Waals surface area contributed by atoms with Crippen LogP contribution in [0.5, 0.6) is 0 Å². The van der Waals surface area contributed by atoms with Crippen molar-refractivity contribution in [1.29, 1.82) is 0 Å². The molecule has 3 aliphatic rings.